The average Bonchev–Trinajstić information content (AvgIpc) is 2.75. The second-order valence-electron chi connectivity index (χ2n) is 6.85. The minimum absolute atomic E-state index is 0.116. The molecule has 4 rings (SSSR count). The van der Waals surface area contributed by atoms with Crippen molar-refractivity contribution < 1.29 is 13.6 Å². The van der Waals surface area contributed by atoms with Crippen LogP contribution in [0.5, 0.6) is 0 Å². The van der Waals surface area contributed by atoms with Crippen LogP contribution in [-0.2, 0) is 4.79 Å². The maximum atomic E-state index is 13.8. The topological polar surface area (TPSA) is 64.0 Å². The molecule has 0 aliphatic rings. The maximum absolute atomic E-state index is 13.8. The van der Waals surface area contributed by atoms with E-state index in [-0.39, 0.29) is 17.0 Å². The molecule has 5 nitrogen and oxygen atoms in total. The normalized spacial score (nSPS) is 10.9. The van der Waals surface area contributed by atoms with Crippen LogP contribution in [0.15, 0.2) is 76.7 Å². The second kappa shape index (κ2) is 8.69. The van der Waals surface area contributed by atoms with Gasteiger partial charge in [0, 0.05) is 6.07 Å². The molecular formula is C23H17F2N3O2S. The van der Waals surface area contributed by atoms with Crippen LogP contribution in [0, 0.1) is 18.6 Å². The lowest BCUT2D eigenvalue weighted by Crippen LogP contribution is -2.23. The monoisotopic (exact) mass is 437 g/mol. The van der Waals surface area contributed by atoms with Crippen LogP contribution in [0.4, 0.5) is 14.5 Å². The number of amides is 1. The van der Waals surface area contributed by atoms with Gasteiger partial charge in [-0.1, -0.05) is 41.6 Å². The Labute approximate surface area is 180 Å². The van der Waals surface area contributed by atoms with E-state index in [0.29, 0.717) is 27.8 Å². The summed E-state index contributed by atoms with van der Waals surface area (Å²) in [7, 11) is 0. The highest BCUT2D eigenvalue weighted by atomic mass is 32.2. The van der Waals surface area contributed by atoms with Crippen LogP contribution in [0.3, 0.4) is 0 Å². The van der Waals surface area contributed by atoms with Crippen molar-refractivity contribution in [2.45, 2.75) is 12.1 Å². The van der Waals surface area contributed by atoms with Crippen molar-refractivity contribution in [3.8, 4) is 5.69 Å². The molecule has 1 amide bonds. The highest BCUT2D eigenvalue weighted by Crippen LogP contribution is 2.22. The summed E-state index contributed by atoms with van der Waals surface area (Å²) in [6.07, 6.45) is 0. The number of nitrogens with one attached hydrogen (secondary N) is 1. The predicted molar refractivity (Wildman–Crippen MR) is 118 cm³/mol. The Morgan fingerprint density at radius 3 is 2.55 bits per heavy atom. The molecule has 0 aliphatic heterocycles. The zero-order chi connectivity index (χ0) is 22.0. The van der Waals surface area contributed by atoms with E-state index in [4.69, 9.17) is 0 Å². The van der Waals surface area contributed by atoms with E-state index >= 15 is 0 Å². The third-order valence-electron chi connectivity index (χ3n) is 4.57. The van der Waals surface area contributed by atoms with E-state index in [2.05, 4.69) is 10.3 Å². The number of benzene rings is 3. The molecule has 0 saturated carbocycles. The van der Waals surface area contributed by atoms with Crippen LogP contribution in [0.1, 0.15) is 5.56 Å². The van der Waals surface area contributed by atoms with Gasteiger partial charge in [0.25, 0.3) is 5.56 Å². The fourth-order valence-corrected chi connectivity index (χ4v) is 3.85. The summed E-state index contributed by atoms with van der Waals surface area (Å²) in [5.74, 6) is -2.22. The Bertz CT molecular complexity index is 1340. The number of para-hydroxylation sites is 1. The maximum Gasteiger partial charge on any atom is 0.266 e. The zero-order valence-corrected chi connectivity index (χ0v) is 17.2. The van der Waals surface area contributed by atoms with Crippen LogP contribution >= 0.6 is 11.8 Å². The van der Waals surface area contributed by atoms with Gasteiger partial charge in [-0.15, -0.1) is 0 Å². The lowest BCUT2D eigenvalue weighted by atomic mass is 10.2. The first-order chi connectivity index (χ1) is 14.9. The molecule has 8 heteroatoms. The number of hydrogen-bond donors (Lipinski definition) is 1. The summed E-state index contributed by atoms with van der Waals surface area (Å²) in [6, 6.07) is 17.3. The van der Waals surface area contributed by atoms with Crippen LogP contribution in [0.25, 0.3) is 16.6 Å². The lowest BCUT2D eigenvalue weighted by Gasteiger charge is -2.13. The van der Waals surface area contributed by atoms with E-state index < -0.39 is 17.5 Å². The van der Waals surface area contributed by atoms with E-state index in [1.54, 1.807) is 24.3 Å². The molecule has 0 saturated heterocycles. The Hall–Kier alpha value is -3.52. The number of anilines is 1. The summed E-state index contributed by atoms with van der Waals surface area (Å²) in [6.45, 7) is 1.94. The van der Waals surface area contributed by atoms with Gasteiger partial charge in [-0.25, -0.2) is 13.8 Å². The smallest absolute Gasteiger partial charge is 0.266 e. The number of hydrogen-bond acceptors (Lipinski definition) is 4. The molecule has 3 aromatic carbocycles. The third-order valence-corrected chi connectivity index (χ3v) is 5.51. The van der Waals surface area contributed by atoms with Gasteiger partial charge < -0.3 is 5.32 Å². The molecule has 0 atom stereocenters. The van der Waals surface area contributed by atoms with Gasteiger partial charge in [-0.3, -0.25) is 14.2 Å². The van der Waals surface area contributed by atoms with Gasteiger partial charge in [-0.05, 0) is 43.3 Å². The van der Waals surface area contributed by atoms with Crippen molar-refractivity contribution in [2.24, 2.45) is 0 Å². The fraction of sp³-hybridized carbons (Fsp3) is 0.0870. The minimum Gasteiger partial charge on any atom is -0.323 e. The van der Waals surface area contributed by atoms with Crippen LogP contribution in [0.2, 0.25) is 0 Å². The molecule has 4 aromatic rings. The van der Waals surface area contributed by atoms with Gasteiger partial charge in [0.15, 0.2) is 5.16 Å². The molecule has 0 fully saturated rings. The molecule has 156 valence electrons. The molecular weight excluding hydrogens is 420 g/mol. The Kier molecular flexibility index (Phi) is 5.81. The van der Waals surface area contributed by atoms with Gasteiger partial charge >= 0.3 is 0 Å². The molecule has 0 aliphatic carbocycles. The molecule has 1 aromatic heterocycles. The van der Waals surface area contributed by atoms with E-state index in [1.165, 1.54) is 4.57 Å². The van der Waals surface area contributed by atoms with Gasteiger partial charge in [0.2, 0.25) is 5.91 Å². The third kappa shape index (κ3) is 4.49. The summed E-state index contributed by atoms with van der Waals surface area (Å²) in [4.78, 5) is 30.1. The Balaban J connectivity index is 1.66. The number of nitrogens with zero attached hydrogens (tertiary/aromatic N) is 2. The van der Waals surface area contributed by atoms with Crippen molar-refractivity contribution in [1.29, 1.82) is 0 Å². The molecule has 1 N–H and O–H groups in total. The minimum atomic E-state index is -0.862. The summed E-state index contributed by atoms with van der Waals surface area (Å²) < 4.78 is 28.3. The molecule has 31 heavy (non-hydrogen) atoms. The van der Waals surface area contributed by atoms with Crippen LogP contribution < -0.4 is 10.9 Å². The molecule has 0 unspecified atom stereocenters. The first-order valence-corrected chi connectivity index (χ1v) is 10.4. The van der Waals surface area contributed by atoms with Crippen LogP contribution in [-0.4, -0.2) is 21.2 Å². The summed E-state index contributed by atoms with van der Waals surface area (Å²) in [5.41, 5.74) is 1.82. The highest BCUT2D eigenvalue weighted by molar-refractivity contribution is 7.99. The van der Waals surface area contributed by atoms with Crippen molar-refractivity contribution >= 4 is 34.3 Å². The number of carbonyl (C=O) groups is 1. The number of thioether (sulfide) groups is 1. The van der Waals surface area contributed by atoms with Gasteiger partial charge in [-0.2, -0.15) is 0 Å². The first-order valence-electron chi connectivity index (χ1n) is 9.39. The Morgan fingerprint density at radius 2 is 1.81 bits per heavy atom. The van der Waals surface area contributed by atoms with Crippen molar-refractivity contribution in [2.75, 3.05) is 11.1 Å². The number of aromatic nitrogens is 2. The standard InChI is InChI=1S/C23H17F2N3O2S/c1-14-6-9-16(10-7-14)28-22(30)17-4-2-3-5-19(17)27-23(28)31-13-21(29)26-20-11-8-15(24)12-18(20)25/h2-12H,13H2,1H3,(H,26,29). The molecule has 0 spiro atoms. The van der Waals surface area contributed by atoms with Crippen molar-refractivity contribution in [3.05, 3.63) is 94.3 Å². The average molecular weight is 437 g/mol. The number of aryl methyl sites for hydroxylation is 1. The number of carbonyl (C=O) groups excluding carboxylic acids is 1. The SMILES string of the molecule is Cc1ccc(-n2c(SCC(=O)Nc3ccc(F)cc3F)nc3ccccc3c2=O)cc1. The largest absolute Gasteiger partial charge is 0.323 e. The summed E-state index contributed by atoms with van der Waals surface area (Å²) >= 11 is 1.05. The highest BCUT2D eigenvalue weighted by Gasteiger charge is 2.15. The van der Waals surface area contributed by atoms with E-state index in [0.717, 1.165) is 29.5 Å². The van der Waals surface area contributed by atoms with E-state index in [1.807, 2.05) is 31.2 Å². The van der Waals surface area contributed by atoms with Gasteiger partial charge in [0.05, 0.1) is 28.0 Å². The lowest BCUT2D eigenvalue weighted by molar-refractivity contribution is -0.113. The van der Waals surface area contributed by atoms with Crippen molar-refractivity contribution in [1.82, 2.24) is 9.55 Å². The van der Waals surface area contributed by atoms with E-state index in [9.17, 15) is 18.4 Å². The molecule has 0 radical (unpaired) electrons. The second-order valence-corrected chi connectivity index (χ2v) is 7.79. The number of fused-ring (bicyclic) bond motifs is 1. The predicted octanol–water partition coefficient (Wildman–Crippen LogP) is 4.70. The number of rotatable bonds is 5. The molecule has 0 bridgehead atoms. The quantitative estimate of drug-likeness (QED) is 0.363. The summed E-state index contributed by atoms with van der Waals surface area (Å²) in [5, 5.41) is 3.21. The fourth-order valence-electron chi connectivity index (χ4n) is 3.04. The number of halogens is 2. The van der Waals surface area contributed by atoms with Gasteiger partial charge in [0.1, 0.15) is 11.6 Å². The Morgan fingerprint density at radius 1 is 1.06 bits per heavy atom. The van der Waals surface area contributed by atoms with Crippen molar-refractivity contribution in [3.63, 3.8) is 0 Å². The zero-order valence-electron chi connectivity index (χ0n) is 16.4. The molecule has 1 heterocycles. The first kappa shape index (κ1) is 20.7.